The predicted octanol–water partition coefficient (Wildman–Crippen LogP) is 5.38. The maximum absolute atomic E-state index is 5.08. The first-order valence-electron chi connectivity index (χ1n) is 9.07. The zero-order chi connectivity index (χ0) is 17.6. The minimum Gasteiger partial charge on any atom is -0.253 e. The van der Waals surface area contributed by atoms with Crippen LogP contribution >= 0.6 is 23.5 Å². The molecule has 0 aromatic heterocycles. The van der Waals surface area contributed by atoms with Crippen LogP contribution in [0.5, 0.6) is 0 Å². The molecule has 0 N–H and O–H groups in total. The Morgan fingerprint density at radius 1 is 0.750 bits per heavy atom. The molecule has 132 valence electrons. The zero-order valence-corrected chi connectivity index (χ0v) is 17.5. The molecule has 1 aliphatic heterocycles. The average molecular weight is 363 g/mol. The van der Waals surface area contributed by atoms with Crippen molar-refractivity contribution >= 4 is 23.5 Å². The summed E-state index contributed by atoms with van der Waals surface area (Å²) in [5.74, 6) is 0. The molecule has 1 heterocycles. The maximum atomic E-state index is 5.08. The van der Waals surface area contributed by atoms with Gasteiger partial charge < -0.3 is 0 Å². The van der Waals surface area contributed by atoms with Crippen molar-refractivity contribution in [3.63, 3.8) is 0 Å². The topological polar surface area (TPSA) is 24.7 Å². The Kier molecular flexibility index (Phi) is 4.85. The van der Waals surface area contributed by atoms with Gasteiger partial charge in [-0.3, -0.25) is 9.98 Å². The van der Waals surface area contributed by atoms with Crippen LogP contribution in [-0.4, -0.2) is 15.2 Å². The van der Waals surface area contributed by atoms with E-state index >= 15 is 0 Å². The van der Waals surface area contributed by atoms with Gasteiger partial charge in [-0.2, -0.15) is 0 Å². The monoisotopic (exact) mass is 362 g/mol. The van der Waals surface area contributed by atoms with Crippen LogP contribution in [-0.2, 0) is 0 Å². The molecule has 1 fully saturated rings. The van der Waals surface area contributed by atoms with Crippen molar-refractivity contribution in [1.29, 1.82) is 0 Å². The third-order valence-corrected chi connectivity index (χ3v) is 6.65. The molecule has 1 aromatic carbocycles. The van der Waals surface area contributed by atoms with Crippen LogP contribution < -0.4 is 10.7 Å². The predicted molar refractivity (Wildman–Crippen MR) is 106 cm³/mol. The Balaban J connectivity index is 2.06. The summed E-state index contributed by atoms with van der Waals surface area (Å²) in [6.07, 6.45) is 6.08. The lowest BCUT2D eigenvalue weighted by atomic mass is 9.90. The lowest BCUT2D eigenvalue weighted by Crippen LogP contribution is -2.25. The number of thioether (sulfide) groups is 2. The highest BCUT2D eigenvalue weighted by molar-refractivity contribution is 8.03. The fourth-order valence-electron chi connectivity index (χ4n) is 3.35. The van der Waals surface area contributed by atoms with E-state index in [-0.39, 0.29) is 15.2 Å². The van der Waals surface area contributed by atoms with Gasteiger partial charge in [0.25, 0.3) is 0 Å². The Morgan fingerprint density at radius 3 is 1.54 bits per heavy atom. The third kappa shape index (κ3) is 4.37. The Labute approximate surface area is 155 Å². The molecule has 3 rings (SSSR count). The summed E-state index contributed by atoms with van der Waals surface area (Å²) in [5, 5.41) is 2.23. The number of hydrogen-bond acceptors (Lipinski definition) is 4. The highest BCUT2D eigenvalue weighted by Crippen LogP contribution is 2.41. The van der Waals surface area contributed by atoms with Crippen LogP contribution in [0.25, 0.3) is 0 Å². The summed E-state index contributed by atoms with van der Waals surface area (Å²) in [5.41, 5.74) is -0.144. The van der Waals surface area contributed by atoms with Crippen LogP contribution in [0.4, 0.5) is 0 Å². The molecule has 0 bridgehead atoms. The van der Waals surface area contributed by atoms with E-state index in [1.807, 2.05) is 23.5 Å². The van der Waals surface area contributed by atoms with Crippen molar-refractivity contribution in [2.45, 2.75) is 98.6 Å². The molecule has 4 heteroatoms. The first-order valence-corrected chi connectivity index (χ1v) is 10.7. The number of nitrogens with zero attached hydrogens (tertiary/aromatic N) is 2. The summed E-state index contributed by atoms with van der Waals surface area (Å²) in [7, 11) is 0. The van der Waals surface area contributed by atoms with Gasteiger partial charge in [0.1, 0.15) is 0 Å². The van der Waals surface area contributed by atoms with E-state index in [1.165, 1.54) is 29.1 Å². The van der Waals surface area contributed by atoms with Gasteiger partial charge in [0, 0.05) is 19.3 Å². The first-order chi connectivity index (χ1) is 11.1. The molecule has 0 atom stereocenters. The molecule has 1 aliphatic carbocycles. The number of fused-ring (bicyclic) bond motifs is 1. The lowest BCUT2D eigenvalue weighted by molar-refractivity contribution is 0.309. The molecule has 0 unspecified atom stereocenters. The van der Waals surface area contributed by atoms with Crippen LogP contribution in [0.1, 0.15) is 73.6 Å². The molecule has 1 aromatic rings. The summed E-state index contributed by atoms with van der Waals surface area (Å²) >= 11 is 3.89. The second kappa shape index (κ2) is 6.35. The standard InChI is InChI=1S/C20H30N2S2/c1-18(2,3)23-16-12-14-15(13-17(16)24-19(4,5)6)22-20(21-14)10-8-7-9-11-20/h12-13H,7-11H2,1-6H3. The molecule has 0 radical (unpaired) electrons. The van der Waals surface area contributed by atoms with Gasteiger partial charge in [0.2, 0.25) is 0 Å². The van der Waals surface area contributed by atoms with E-state index in [4.69, 9.17) is 9.98 Å². The molecule has 0 amide bonds. The van der Waals surface area contributed by atoms with Gasteiger partial charge in [0.05, 0.1) is 10.7 Å². The molecule has 0 saturated heterocycles. The molecule has 1 saturated carbocycles. The van der Waals surface area contributed by atoms with Gasteiger partial charge >= 0.3 is 0 Å². The largest absolute Gasteiger partial charge is 0.253 e. The van der Waals surface area contributed by atoms with Crippen molar-refractivity contribution in [3.05, 3.63) is 22.8 Å². The number of rotatable bonds is 2. The van der Waals surface area contributed by atoms with E-state index in [0.717, 1.165) is 23.6 Å². The van der Waals surface area contributed by atoms with Crippen molar-refractivity contribution in [2.24, 2.45) is 9.98 Å². The quantitative estimate of drug-likeness (QED) is 0.660. The Morgan fingerprint density at radius 2 is 1.17 bits per heavy atom. The second-order valence-corrected chi connectivity index (χ2v) is 12.7. The SMILES string of the molecule is CC(C)(C)Sc1cc2c(cc1SC(C)(C)C)=NC1(CCCCC1)N=2. The van der Waals surface area contributed by atoms with Gasteiger partial charge in [-0.05, 0) is 37.8 Å². The molecular weight excluding hydrogens is 332 g/mol. The molecule has 2 aliphatic rings. The van der Waals surface area contributed by atoms with Gasteiger partial charge in [-0.25, -0.2) is 0 Å². The fourth-order valence-corrected chi connectivity index (χ4v) is 5.58. The van der Waals surface area contributed by atoms with Crippen molar-refractivity contribution in [2.75, 3.05) is 0 Å². The van der Waals surface area contributed by atoms with Crippen LogP contribution in [0, 0.1) is 0 Å². The highest BCUT2D eigenvalue weighted by Gasteiger charge is 2.33. The summed E-state index contributed by atoms with van der Waals surface area (Å²) < 4.78 is 0.388. The fraction of sp³-hybridized carbons (Fsp3) is 0.700. The molecule has 24 heavy (non-hydrogen) atoms. The van der Waals surface area contributed by atoms with E-state index in [1.54, 1.807) is 0 Å². The van der Waals surface area contributed by atoms with Crippen molar-refractivity contribution < 1.29 is 0 Å². The second-order valence-electron chi connectivity index (χ2n) is 8.98. The van der Waals surface area contributed by atoms with Crippen molar-refractivity contribution in [1.82, 2.24) is 0 Å². The number of benzene rings is 1. The van der Waals surface area contributed by atoms with E-state index in [2.05, 4.69) is 53.7 Å². The highest BCUT2D eigenvalue weighted by atomic mass is 32.2. The van der Waals surface area contributed by atoms with Gasteiger partial charge in [-0.15, -0.1) is 23.5 Å². The molecule has 2 nitrogen and oxygen atoms in total. The van der Waals surface area contributed by atoms with Gasteiger partial charge in [0.15, 0.2) is 5.66 Å². The van der Waals surface area contributed by atoms with Crippen LogP contribution in [0.3, 0.4) is 0 Å². The molecule has 1 spiro atoms. The minimum atomic E-state index is -0.144. The van der Waals surface area contributed by atoms with Crippen LogP contribution in [0.15, 0.2) is 31.9 Å². The number of hydrogen-bond donors (Lipinski definition) is 0. The minimum absolute atomic E-state index is 0.144. The van der Waals surface area contributed by atoms with Crippen molar-refractivity contribution in [3.8, 4) is 0 Å². The van der Waals surface area contributed by atoms with Gasteiger partial charge in [-0.1, -0.05) is 48.0 Å². The normalized spacial score (nSPS) is 19.8. The zero-order valence-electron chi connectivity index (χ0n) is 15.9. The maximum Gasteiger partial charge on any atom is 0.151 e. The Bertz CT molecular complexity index is 676. The summed E-state index contributed by atoms with van der Waals surface area (Å²) in [6, 6.07) is 4.60. The van der Waals surface area contributed by atoms with E-state index in [9.17, 15) is 0 Å². The lowest BCUT2D eigenvalue weighted by Gasteiger charge is -2.27. The third-order valence-electron chi connectivity index (χ3n) is 4.18. The van der Waals surface area contributed by atoms with Crippen LogP contribution in [0.2, 0.25) is 0 Å². The van der Waals surface area contributed by atoms with E-state index in [0.29, 0.717) is 0 Å². The average Bonchev–Trinajstić information content (AvgIpc) is 2.73. The Hall–Kier alpha value is -0.480. The first kappa shape index (κ1) is 18.3. The smallest absolute Gasteiger partial charge is 0.151 e. The summed E-state index contributed by atoms with van der Waals surface area (Å²) in [6.45, 7) is 13.7. The molecular formula is C20H30N2S2. The van der Waals surface area contributed by atoms with E-state index < -0.39 is 0 Å². The summed E-state index contributed by atoms with van der Waals surface area (Å²) in [4.78, 5) is 12.9.